The van der Waals surface area contributed by atoms with Crippen molar-refractivity contribution in [3.63, 3.8) is 0 Å². The van der Waals surface area contributed by atoms with Crippen LogP contribution in [0.5, 0.6) is 11.5 Å². The van der Waals surface area contributed by atoms with Crippen LogP contribution >= 0.6 is 0 Å². The molecule has 1 atom stereocenters. The predicted octanol–water partition coefficient (Wildman–Crippen LogP) is 4.66. The third kappa shape index (κ3) is 5.10. The number of hydrogen-bond donors (Lipinski definition) is 1. The largest absolute Gasteiger partial charge is 0.457 e. The maximum Gasteiger partial charge on any atom is 0.264 e. The van der Waals surface area contributed by atoms with Gasteiger partial charge in [0.1, 0.15) is 46.8 Å². The summed E-state index contributed by atoms with van der Waals surface area (Å²) in [6.45, 7) is 3.75. The van der Waals surface area contributed by atoms with Gasteiger partial charge in [-0.25, -0.2) is 19.0 Å². The van der Waals surface area contributed by atoms with Crippen LogP contribution in [0.2, 0.25) is 0 Å². The lowest BCUT2D eigenvalue weighted by Gasteiger charge is -2.36. The van der Waals surface area contributed by atoms with Gasteiger partial charge in [-0.2, -0.15) is 10.4 Å². The fourth-order valence-corrected chi connectivity index (χ4v) is 5.32. The minimum absolute atomic E-state index is 0.105. The number of anilines is 1. The van der Waals surface area contributed by atoms with E-state index in [1.807, 2.05) is 25.1 Å². The molecule has 1 unspecified atom stereocenters. The van der Waals surface area contributed by atoms with Crippen LogP contribution < -0.4 is 10.5 Å². The van der Waals surface area contributed by atoms with Crippen molar-refractivity contribution < 1.29 is 18.7 Å². The number of nitrogens with zero attached hydrogens (tertiary/aromatic N) is 6. The van der Waals surface area contributed by atoms with Crippen LogP contribution in [0.3, 0.4) is 0 Å². The number of rotatable bonds is 6. The van der Waals surface area contributed by atoms with Gasteiger partial charge in [0.05, 0.1) is 24.6 Å². The molecule has 11 heteroatoms. The summed E-state index contributed by atoms with van der Waals surface area (Å²) in [6.07, 6.45) is 4.47. The van der Waals surface area contributed by atoms with Crippen molar-refractivity contribution in [1.82, 2.24) is 24.6 Å². The Bertz CT molecular complexity index is 1690. The van der Waals surface area contributed by atoms with Crippen LogP contribution in [0, 0.1) is 22.6 Å². The first-order chi connectivity index (χ1) is 19.8. The van der Waals surface area contributed by atoms with Gasteiger partial charge in [-0.3, -0.25) is 4.79 Å². The Morgan fingerprint density at radius 3 is 2.73 bits per heavy atom. The third-order valence-corrected chi connectivity index (χ3v) is 7.43. The molecule has 1 amide bonds. The van der Waals surface area contributed by atoms with Crippen LogP contribution in [0.4, 0.5) is 10.2 Å². The van der Waals surface area contributed by atoms with Gasteiger partial charge >= 0.3 is 0 Å². The second-order valence-electron chi connectivity index (χ2n) is 10.7. The SMILES string of the molecule is CC1(/C=C(\C#N)C(=O)N2CCCC(n3nc(-c4ccc(Oc5ccccc5)cc4F)c4c(N)ncnc43)C2)COC1. The van der Waals surface area contributed by atoms with E-state index in [1.165, 1.54) is 12.4 Å². The number of piperidine rings is 1. The number of amides is 1. The predicted molar refractivity (Wildman–Crippen MR) is 149 cm³/mol. The summed E-state index contributed by atoms with van der Waals surface area (Å²) in [6, 6.07) is 15.5. The molecule has 0 aliphatic carbocycles. The van der Waals surface area contributed by atoms with Gasteiger partial charge in [0.25, 0.3) is 5.91 Å². The second-order valence-corrected chi connectivity index (χ2v) is 10.7. The van der Waals surface area contributed by atoms with Crippen molar-refractivity contribution in [3.8, 4) is 28.8 Å². The highest BCUT2D eigenvalue weighted by atomic mass is 19.1. The zero-order valence-electron chi connectivity index (χ0n) is 22.5. The van der Waals surface area contributed by atoms with Gasteiger partial charge in [-0.05, 0) is 37.1 Å². The summed E-state index contributed by atoms with van der Waals surface area (Å²) in [4.78, 5) is 23.6. The lowest BCUT2D eigenvalue weighted by atomic mass is 9.86. The molecule has 0 bridgehead atoms. The molecule has 2 aromatic carbocycles. The van der Waals surface area contributed by atoms with E-state index < -0.39 is 5.82 Å². The Balaban J connectivity index is 1.32. The van der Waals surface area contributed by atoms with Crippen LogP contribution in [-0.4, -0.2) is 56.9 Å². The second kappa shape index (κ2) is 10.6. The molecule has 10 nitrogen and oxygen atoms in total. The zero-order chi connectivity index (χ0) is 28.6. The van der Waals surface area contributed by atoms with E-state index in [2.05, 4.69) is 16.0 Å². The van der Waals surface area contributed by atoms with Gasteiger partial charge in [0, 0.05) is 30.1 Å². The molecule has 2 saturated heterocycles. The van der Waals surface area contributed by atoms with E-state index in [1.54, 1.807) is 39.9 Å². The standard InChI is InChI=1S/C30H28FN7O3/c1-30(16-40-17-30)13-19(14-32)29(39)37-11-5-6-20(15-37)38-28-25(27(33)34-18-35-28)26(36-38)23-10-9-22(12-24(23)31)41-21-7-3-2-4-8-21/h2-4,7-10,12-13,18,20H,5-6,11,15-17H2,1H3,(H2,33,34,35)/b19-13+. The molecule has 4 aromatic rings. The summed E-state index contributed by atoms with van der Waals surface area (Å²) in [5.74, 6) is 0.250. The number of benzene rings is 2. The molecule has 2 aliphatic rings. The number of nitriles is 1. The molecule has 2 N–H and O–H groups in total. The first kappa shape index (κ1) is 26.4. The number of carbonyl (C=O) groups excluding carboxylic acids is 1. The highest BCUT2D eigenvalue weighted by Crippen LogP contribution is 2.37. The van der Waals surface area contributed by atoms with E-state index >= 15 is 4.39 Å². The Hall–Kier alpha value is -4.82. The maximum absolute atomic E-state index is 15.5. The lowest BCUT2D eigenvalue weighted by molar-refractivity contribution is -0.128. The summed E-state index contributed by atoms with van der Waals surface area (Å²) in [7, 11) is 0. The van der Waals surface area contributed by atoms with Crippen molar-refractivity contribution in [3.05, 3.63) is 72.3 Å². The summed E-state index contributed by atoms with van der Waals surface area (Å²) >= 11 is 0. The number of para-hydroxylation sites is 1. The van der Waals surface area contributed by atoms with Crippen molar-refractivity contribution in [2.45, 2.75) is 25.8 Å². The molecular weight excluding hydrogens is 525 g/mol. The smallest absolute Gasteiger partial charge is 0.264 e. The molecule has 2 aromatic heterocycles. The number of hydrogen-bond acceptors (Lipinski definition) is 8. The molecule has 0 radical (unpaired) electrons. The average Bonchev–Trinajstić information content (AvgIpc) is 3.36. The van der Waals surface area contributed by atoms with E-state index in [4.69, 9.17) is 20.3 Å². The fourth-order valence-electron chi connectivity index (χ4n) is 5.32. The van der Waals surface area contributed by atoms with Gasteiger partial charge < -0.3 is 20.1 Å². The number of nitrogen functional groups attached to an aromatic ring is 1. The Morgan fingerprint density at radius 2 is 2.02 bits per heavy atom. The molecule has 41 heavy (non-hydrogen) atoms. The fraction of sp³-hybridized carbons (Fsp3) is 0.300. The summed E-state index contributed by atoms with van der Waals surface area (Å²) in [5, 5.41) is 14.9. The highest BCUT2D eigenvalue weighted by Gasteiger charge is 2.35. The van der Waals surface area contributed by atoms with Crippen LogP contribution in [0.15, 0.2) is 66.5 Å². The van der Waals surface area contributed by atoms with E-state index in [0.29, 0.717) is 67.4 Å². The minimum Gasteiger partial charge on any atom is -0.457 e. The number of halogens is 1. The topological polar surface area (TPSA) is 132 Å². The molecule has 2 aliphatic heterocycles. The quantitative estimate of drug-likeness (QED) is 0.269. The van der Waals surface area contributed by atoms with Crippen molar-refractivity contribution in [2.24, 2.45) is 5.41 Å². The highest BCUT2D eigenvalue weighted by molar-refractivity contribution is 5.99. The Kier molecular flexibility index (Phi) is 6.85. The Labute approximate surface area is 235 Å². The van der Waals surface area contributed by atoms with Gasteiger partial charge in [-0.1, -0.05) is 31.2 Å². The van der Waals surface area contributed by atoms with Crippen molar-refractivity contribution >= 4 is 22.8 Å². The molecular formula is C30H28FN7O3. The Morgan fingerprint density at radius 1 is 1.22 bits per heavy atom. The van der Waals surface area contributed by atoms with E-state index in [-0.39, 0.29) is 34.3 Å². The van der Waals surface area contributed by atoms with Crippen LogP contribution in [0.25, 0.3) is 22.3 Å². The van der Waals surface area contributed by atoms with Crippen LogP contribution in [0.1, 0.15) is 25.8 Å². The lowest BCUT2D eigenvalue weighted by Crippen LogP contribution is -2.43. The monoisotopic (exact) mass is 553 g/mol. The minimum atomic E-state index is -0.536. The number of ether oxygens (including phenoxy) is 2. The van der Waals surface area contributed by atoms with E-state index in [9.17, 15) is 10.1 Å². The van der Waals surface area contributed by atoms with Crippen molar-refractivity contribution in [1.29, 1.82) is 5.26 Å². The summed E-state index contributed by atoms with van der Waals surface area (Å²) in [5.41, 5.74) is 7.03. The first-order valence-corrected chi connectivity index (χ1v) is 13.4. The number of likely N-dealkylation sites (tertiary alicyclic amines) is 1. The average molecular weight is 554 g/mol. The number of carbonyl (C=O) groups is 1. The number of nitrogens with two attached hydrogens (primary N) is 1. The van der Waals surface area contributed by atoms with Crippen LogP contribution in [-0.2, 0) is 9.53 Å². The van der Waals surface area contributed by atoms with Crippen molar-refractivity contribution in [2.75, 3.05) is 32.0 Å². The van der Waals surface area contributed by atoms with Gasteiger partial charge in [0.15, 0.2) is 5.65 Å². The van der Waals surface area contributed by atoms with Gasteiger partial charge in [0.2, 0.25) is 0 Å². The van der Waals surface area contributed by atoms with Gasteiger partial charge in [-0.15, -0.1) is 0 Å². The molecule has 0 spiro atoms. The summed E-state index contributed by atoms with van der Waals surface area (Å²) < 4.78 is 28.3. The normalized spacial score (nSPS) is 18.5. The number of aromatic nitrogens is 4. The maximum atomic E-state index is 15.5. The zero-order valence-corrected chi connectivity index (χ0v) is 22.5. The molecule has 4 heterocycles. The molecule has 6 rings (SSSR count). The third-order valence-electron chi connectivity index (χ3n) is 7.43. The molecule has 0 saturated carbocycles. The number of fused-ring (bicyclic) bond motifs is 1. The van der Waals surface area contributed by atoms with E-state index in [0.717, 1.165) is 0 Å². The molecule has 208 valence electrons. The molecule has 2 fully saturated rings. The first-order valence-electron chi connectivity index (χ1n) is 13.4.